The predicted molar refractivity (Wildman–Crippen MR) is 129 cm³/mol. The number of aromatic nitrogens is 2. The monoisotopic (exact) mass is 460 g/mol. The summed E-state index contributed by atoms with van der Waals surface area (Å²) in [5.41, 5.74) is 2.75. The lowest BCUT2D eigenvalue weighted by Crippen LogP contribution is -2.19. The van der Waals surface area contributed by atoms with Gasteiger partial charge in [0.05, 0.1) is 19.7 Å². The van der Waals surface area contributed by atoms with Crippen LogP contribution in [0, 0.1) is 0 Å². The molecule has 1 heterocycles. The molecule has 0 unspecified atom stereocenters. The predicted octanol–water partition coefficient (Wildman–Crippen LogP) is 5.01. The van der Waals surface area contributed by atoms with Gasteiger partial charge in [-0.3, -0.25) is 15.2 Å². The van der Waals surface area contributed by atoms with Gasteiger partial charge < -0.3 is 19.5 Å². The summed E-state index contributed by atoms with van der Waals surface area (Å²) in [6.45, 7) is 1.81. The summed E-state index contributed by atoms with van der Waals surface area (Å²) < 4.78 is 16.5. The lowest BCUT2D eigenvalue weighted by Gasteiger charge is -2.10. The van der Waals surface area contributed by atoms with E-state index in [2.05, 4.69) is 20.8 Å². The van der Waals surface area contributed by atoms with E-state index < -0.39 is 6.03 Å². The van der Waals surface area contributed by atoms with Crippen LogP contribution >= 0.6 is 0 Å². The van der Waals surface area contributed by atoms with E-state index >= 15 is 0 Å². The fourth-order valence-corrected chi connectivity index (χ4v) is 3.36. The van der Waals surface area contributed by atoms with E-state index in [1.165, 1.54) is 6.92 Å². The highest BCUT2D eigenvalue weighted by molar-refractivity contribution is 6.05. The van der Waals surface area contributed by atoms with Crippen molar-refractivity contribution in [2.45, 2.75) is 13.5 Å². The Morgan fingerprint density at radius 1 is 0.882 bits per heavy atom. The van der Waals surface area contributed by atoms with E-state index in [1.807, 2.05) is 24.3 Å². The third-order valence-corrected chi connectivity index (χ3v) is 5.13. The minimum absolute atomic E-state index is 0.0365. The molecule has 3 aromatic carbocycles. The molecule has 0 saturated carbocycles. The topological polar surface area (TPSA) is 115 Å². The normalized spacial score (nSPS) is 10.6. The first-order valence-corrected chi connectivity index (χ1v) is 10.5. The van der Waals surface area contributed by atoms with Gasteiger partial charge in [-0.25, -0.2) is 4.79 Å². The van der Waals surface area contributed by atoms with Crippen molar-refractivity contribution in [2.75, 3.05) is 24.9 Å². The van der Waals surface area contributed by atoms with Crippen molar-refractivity contribution in [3.8, 4) is 17.2 Å². The summed E-state index contributed by atoms with van der Waals surface area (Å²) in [6.07, 6.45) is 0. The first-order chi connectivity index (χ1) is 16.4. The number of carbonyl (C=O) groups is 2. The molecule has 0 aliphatic carbocycles. The van der Waals surface area contributed by atoms with E-state index in [1.54, 1.807) is 50.6 Å². The molecule has 0 fully saturated rings. The number of nitrogens with one attached hydrogen (secondary N) is 3. The molecular formula is C25H24N4O5. The molecule has 3 N–H and O–H groups in total. The van der Waals surface area contributed by atoms with Gasteiger partial charge in [-0.2, -0.15) is 5.10 Å². The third kappa shape index (κ3) is 5.26. The van der Waals surface area contributed by atoms with E-state index in [9.17, 15) is 9.59 Å². The van der Waals surface area contributed by atoms with E-state index in [0.29, 0.717) is 46.4 Å². The molecule has 4 aromatic rings. The molecule has 1 aromatic heterocycles. The van der Waals surface area contributed by atoms with Gasteiger partial charge in [0.15, 0.2) is 11.6 Å². The smallest absolute Gasteiger partial charge is 0.324 e. The number of anilines is 2. The Morgan fingerprint density at radius 2 is 1.59 bits per heavy atom. The first kappa shape index (κ1) is 22.7. The van der Waals surface area contributed by atoms with Crippen LogP contribution in [-0.4, -0.2) is 36.2 Å². The molecular weight excluding hydrogens is 436 g/mol. The largest absolute Gasteiger partial charge is 0.497 e. The summed E-state index contributed by atoms with van der Waals surface area (Å²) in [6, 6.07) is 17.2. The summed E-state index contributed by atoms with van der Waals surface area (Å²) in [5.74, 6) is 2.36. The maximum Gasteiger partial charge on any atom is 0.324 e. The molecule has 0 aliphatic rings. The number of carbonyl (C=O) groups excluding carboxylic acids is 2. The zero-order valence-electron chi connectivity index (χ0n) is 19.0. The Bertz CT molecular complexity index is 1310. The Kier molecular flexibility index (Phi) is 6.63. The molecule has 9 heteroatoms. The highest BCUT2D eigenvalue weighted by Gasteiger charge is 2.11. The Hall–Kier alpha value is -4.53. The fraction of sp³-hybridized carbons (Fsp3) is 0.160. The highest BCUT2D eigenvalue weighted by atomic mass is 16.5. The number of nitrogens with zero attached hydrogens (tertiary/aromatic N) is 1. The molecule has 0 aliphatic heterocycles. The van der Waals surface area contributed by atoms with E-state index in [0.717, 1.165) is 10.9 Å². The summed E-state index contributed by atoms with van der Waals surface area (Å²) >= 11 is 0. The maximum atomic E-state index is 12.4. The van der Waals surface area contributed by atoms with Gasteiger partial charge in [0, 0.05) is 28.8 Å². The van der Waals surface area contributed by atoms with Crippen LogP contribution in [0.4, 0.5) is 16.3 Å². The minimum atomic E-state index is -0.448. The van der Waals surface area contributed by atoms with Gasteiger partial charge >= 0.3 is 6.03 Å². The van der Waals surface area contributed by atoms with E-state index in [4.69, 9.17) is 14.2 Å². The van der Waals surface area contributed by atoms with Crippen LogP contribution in [0.3, 0.4) is 0 Å². The molecule has 174 valence electrons. The second-order valence-electron chi connectivity index (χ2n) is 7.50. The van der Waals surface area contributed by atoms with Crippen LogP contribution in [0.2, 0.25) is 0 Å². The van der Waals surface area contributed by atoms with E-state index in [-0.39, 0.29) is 5.78 Å². The number of hydrogen-bond donors (Lipinski definition) is 3. The highest BCUT2D eigenvalue weighted by Crippen LogP contribution is 2.27. The van der Waals surface area contributed by atoms with Crippen molar-refractivity contribution in [1.29, 1.82) is 0 Å². The number of ether oxygens (including phenoxy) is 3. The Morgan fingerprint density at radius 3 is 2.24 bits per heavy atom. The van der Waals surface area contributed by atoms with Gasteiger partial charge in [-0.1, -0.05) is 0 Å². The average Bonchev–Trinajstić information content (AvgIpc) is 3.24. The molecule has 4 rings (SSSR count). The third-order valence-electron chi connectivity index (χ3n) is 5.13. The van der Waals surface area contributed by atoms with Gasteiger partial charge in [-0.15, -0.1) is 0 Å². The second kappa shape index (κ2) is 9.95. The number of Topliss-reactive ketones (excluding diaryl/α,β-unsaturated/α-hetero) is 1. The van der Waals surface area contributed by atoms with Crippen molar-refractivity contribution >= 4 is 34.2 Å². The number of methoxy groups -OCH3 is 2. The van der Waals surface area contributed by atoms with Gasteiger partial charge in [-0.05, 0) is 61.0 Å². The number of amides is 2. The number of aromatic amines is 1. The number of H-pyrrole nitrogens is 1. The van der Waals surface area contributed by atoms with Crippen LogP contribution < -0.4 is 24.8 Å². The number of urea groups is 1. The van der Waals surface area contributed by atoms with Gasteiger partial charge in [0.2, 0.25) is 0 Å². The van der Waals surface area contributed by atoms with Gasteiger partial charge in [0.1, 0.15) is 23.9 Å². The number of benzene rings is 3. The number of fused-ring (bicyclic) bond motifs is 1. The van der Waals surface area contributed by atoms with Crippen LogP contribution in [-0.2, 0) is 6.61 Å². The summed E-state index contributed by atoms with van der Waals surface area (Å²) in [7, 11) is 3.20. The van der Waals surface area contributed by atoms with Gasteiger partial charge in [0.25, 0.3) is 0 Å². The van der Waals surface area contributed by atoms with Crippen LogP contribution in [0.5, 0.6) is 17.2 Å². The molecule has 0 spiro atoms. The number of hydrogen-bond acceptors (Lipinski definition) is 6. The van der Waals surface area contributed by atoms with Crippen molar-refractivity contribution in [1.82, 2.24) is 10.2 Å². The van der Waals surface area contributed by atoms with Crippen LogP contribution in [0.1, 0.15) is 22.8 Å². The molecule has 2 amide bonds. The molecule has 0 atom stereocenters. The molecule has 0 radical (unpaired) electrons. The molecule has 0 bridgehead atoms. The summed E-state index contributed by atoms with van der Waals surface area (Å²) in [4.78, 5) is 23.8. The van der Waals surface area contributed by atoms with Crippen molar-refractivity contribution < 1.29 is 23.8 Å². The van der Waals surface area contributed by atoms with Crippen molar-refractivity contribution in [3.05, 3.63) is 71.8 Å². The number of ketones is 1. The second-order valence-corrected chi connectivity index (χ2v) is 7.50. The average molecular weight is 460 g/mol. The zero-order valence-corrected chi connectivity index (χ0v) is 19.0. The Balaban J connectivity index is 1.41. The SMILES string of the molecule is COc1cc(COc2ccc3c(NC(=O)Nc4ccc(C(C)=O)cc4)n[nH]c3c2)cc(OC)c1. The summed E-state index contributed by atoms with van der Waals surface area (Å²) in [5, 5.41) is 13.3. The lowest BCUT2D eigenvalue weighted by atomic mass is 10.1. The van der Waals surface area contributed by atoms with Crippen LogP contribution in [0.15, 0.2) is 60.7 Å². The standard InChI is InChI=1S/C25H24N4O5/c1-15(30)17-4-6-18(7-5-17)26-25(31)27-24-22-9-8-19(13-23(22)28-29-24)34-14-16-10-20(32-2)12-21(11-16)33-3/h4-13H,14H2,1-3H3,(H3,26,27,28,29,31). The number of rotatable bonds is 8. The maximum absolute atomic E-state index is 12.4. The Labute approximate surface area is 196 Å². The zero-order chi connectivity index (χ0) is 24.1. The lowest BCUT2D eigenvalue weighted by molar-refractivity contribution is 0.101. The van der Waals surface area contributed by atoms with Crippen LogP contribution in [0.25, 0.3) is 10.9 Å². The first-order valence-electron chi connectivity index (χ1n) is 10.5. The molecule has 34 heavy (non-hydrogen) atoms. The van der Waals surface area contributed by atoms with Crippen molar-refractivity contribution in [2.24, 2.45) is 0 Å². The molecule has 9 nitrogen and oxygen atoms in total. The quantitative estimate of drug-likeness (QED) is 0.319. The van der Waals surface area contributed by atoms with Crippen molar-refractivity contribution in [3.63, 3.8) is 0 Å². The minimum Gasteiger partial charge on any atom is -0.497 e. The fourth-order valence-electron chi connectivity index (χ4n) is 3.36. The molecule has 0 saturated heterocycles.